The summed E-state index contributed by atoms with van der Waals surface area (Å²) >= 11 is 0. The second-order valence-corrected chi connectivity index (χ2v) is 4.28. The van der Waals surface area contributed by atoms with Gasteiger partial charge in [0.25, 0.3) is 0 Å². The monoisotopic (exact) mass is 269 g/mol. The van der Waals surface area contributed by atoms with Gasteiger partial charge in [-0.25, -0.2) is 0 Å². The molecule has 106 valence electrons. The first-order valence-electron chi connectivity index (χ1n) is 6.55. The Bertz CT molecular complexity index is 421. The molecule has 7 heteroatoms. The molecular formula is C12H19N3O4. The van der Waals surface area contributed by atoms with E-state index in [0.717, 1.165) is 19.6 Å². The van der Waals surface area contributed by atoms with E-state index in [1.54, 1.807) is 6.92 Å². The van der Waals surface area contributed by atoms with Crippen molar-refractivity contribution in [2.75, 3.05) is 32.8 Å². The van der Waals surface area contributed by atoms with Crippen LogP contribution in [-0.2, 0) is 20.7 Å². The molecule has 0 N–H and O–H groups in total. The molecule has 2 heterocycles. The summed E-state index contributed by atoms with van der Waals surface area (Å²) in [6.07, 6.45) is -0.182. The van der Waals surface area contributed by atoms with E-state index in [-0.39, 0.29) is 24.4 Å². The highest BCUT2D eigenvalue weighted by Gasteiger charge is 2.25. The Morgan fingerprint density at radius 3 is 3.11 bits per heavy atom. The van der Waals surface area contributed by atoms with E-state index in [9.17, 15) is 4.79 Å². The molecule has 7 nitrogen and oxygen atoms in total. The average molecular weight is 269 g/mol. The second-order valence-electron chi connectivity index (χ2n) is 4.28. The number of hydrogen-bond donors (Lipinski definition) is 0. The number of carbonyl (C=O) groups is 1. The molecule has 1 aromatic heterocycles. The molecule has 0 bridgehead atoms. The fraction of sp³-hybridized carbons (Fsp3) is 0.750. The van der Waals surface area contributed by atoms with E-state index >= 15 is 0 Å². The molecule has 2 rings (SSSR count). The Kier molecular flexibility index (Phi) is 4.86. The lowest BCUT2D eigenvalue weighted by Gasteiger charge is -2.30. The van der Waals surface area contributed by atoms with Gasteiger partial charge in [-0.15, -0.1) is 0 Å². The normalized spacial score (nSPS) is 20.4. The number of morpholine rings is 1. The van der Waals surface area contributed by atoms with Crippen LogP contribution in [0.5, 0.6) is 0 Å². The van der Waals surface area contributed by atoms with Crippen LogP contribution in [-0.4, -0.2) is 53.9 Å². The zero-order valence-corrected chi connectivity index (χ0v) is 11.3. The molecule has 1 aromatic rings. The van der Waals surface area contributed by atoms with Crippen LogP contribution in [0.3, 0.4) is 0 Å². The van der Waals surface area contributed by atoms with Gasteiger partial charge in [0, 0.05) is 13.1 Å². The lowest BCUT2D eigenvalue weighted by molar-refractivity contribution is -0.142. The van der Waals surface area contributed by atoms with Gasteiger partial charge < -0.3 is 14.0 Å². The van der Waals surface area contributed by atoms with Gasteiger partial charge in [-0.05, 0) is 13.5 Å². The van der Waals surface area contributed by atoms with E-state index in [1.807, 2.05) is 0 Å². The van der Waals surface area contributed by atoms with Gasteiger partial charge in [0.1, 0.15) is 12.5 Å². The summed E-state index contributed by atoms with van der Waals surface area (Å²) in [5.41, 5.74) is 0. The molecule has 1 aliphatic heterocycles. The fourth-order valence-electron chi connectivity index (χ4n) is 1.95. The van der Waals surface area contributed by atoms with E-state index < -0.39 is 0 Å². The van der Waals surface area contributed by atoms with Crippen LogP contribution < -0.4 is 0 Å². The summed E-state index contributed by atoms with van der Waals surface area (Å²) < 4.78 is 15.5. The standard InChI is InChI=1S/C12H19N3O4/c1-3-15-5-6-18-9(8-15)12-13-10(19-14-12)7-11(16)17-4-2/h9H,3-8H2,1-2H3. The summed E-state index contributed by atoms with van der Waals surface area (Å²) in [7, 11) is 0. The zero-order valence-electron chi connectivity index (χ0n) is 11.3. The van der Waals surface area contributed by atoms with Crippen LogP contribution in [0.2, 0.25) is 0 Å². The number of rotatable bonds is 5. The number of likely N-dealkylation sites (N-methyl/N-ethyl adjacent to an activating group) is 1. The number of carbonyl (C=O) groups excluding carboxylic acids is 1. The van der Waals surface area contributed by atoms with E-state index in [1.165, 1.54) is 0 Å². The van der Waals surface area contributed by atoms with Crippen LogP contribution in [0, 0.1) is 0 Å². The van der Waals surface area contributed by atoms with Crippen molar-refractivity contribution >= 4 is 5.97 Å². The highest BCUT2D eigenvalue weighted by atomic mass is 16.5. The Balaban J connectivity index is 1.94. The maximum atomic E-state index is 11.3. The smallest absolute Gasteiger partial charge is 0.315 e. The third-order valence-corrected chi connectivity index (χ3v) is 2.97. The molecule has 1 aliphatic rings. The predicted octanol–water partition coefficient (Wildman–Crippen LogP) is 0.568. The maximum absolute atomic E-state index is 11.3. The number of esters is 1. The molecule has 0 spiro atoms. The Morgan fingerprint density at radius 2 is 2.37 bits per heavy atom. The van der Waals surface area contributed by atoms with Crippen LogP contribution in [0.1, 0.15) is 31.7 Å². The molecule has 0 aromatic carbocycles. The molecule has 1 unspecified atom stereocenters. The first kappa shape index (κ1) is 14.0. The van der Waals surface area contributed by atoms with Crippen molar-refractivity contribution < 1.29 is 18.8 Å². The summed E-state index contributed by atoms with van der Waals surface area (Å²) in [5, 5.41) is 3.88. The Hall–Kier alpha value is -1.47. The van der Waals surface area contributed by atoms with Gasteiger partial charge in [-0.3, -0.25) is 9.69 Å². The highest BCUT2D eigenvalue weighted by Crippen LogP contribution is 2.19. The molecule has 1 atom stereocenters. The van der Waals surface area contributed by atoms with Gasteiger partial charge in [-0.1, -0.05) is 12.1 Å². The highest BCUT2D eigenvalue weighted by molar-refractivity contribution is 5.71. The molecule has 19 heavy (non-hydrogen) atoms. The van der Waals surface area contributed by atoms with E-state index in [4.69, 9.17) is 14.0 Å². The van der Waals surface area contributed by atoms with Crippen LogP contribution in [0.25, 0.3) is 0 Å². The number of nitrogens with zero attached hydrogens (tertiary/aromatic N) is 3. The summed E-state index contributed by atoms with van der Waals surface area (Å²) in [5.74, 6) is 0.403. The van der Waals surface area contributed by atoms with E-state index in [0.29, 0.717) is 19.0 Å². The summed E-state index contributed by atoms with van der Waals surface area (Å²) in [4.78, 5) is 17.8. The minimum Gasteiger partial charge on any atom is -0.466 e. The van der Waals surface area contributed by atoms with Crippen molar-refractivity contribution in [1.29, 1.82) is 0 Å². The molecule has 1 fully saturated rings. The van der Waals surface area contributed by atoms with Crippen molar-refractivity contribution in [3.05, 3.63) is 11.7 Å². The van der Waals surface area contributed by atoms with Crippen molar-refractivity contribution in [1.82, 2.24) is 15.0 Å². The van der Waals surface area contributed by atoms with Gasteiger partial charge in [0.15, 0.2) is 0 Å². The van der Waals surface area contributed by atoms with Crippen molar-refractivity contribution in [3.63, 3.8) is 0 Å². The predicted molar refractivity (Wildman–Crippen MR) is 65.4 cm³/mol. The number of aromatic nitrogens is 2. The summed E-state index contributed by atoms with van der Waals surface area (Å²) in [6, 6.07) is 0. The summed E-state index contributed by atoms with van der Waals surface area (Å²) in [6.45, 7) is 7.48. The molecular weight excluding hydrogens is 250 g/mol. The van der Waals surface area contributed by atoms with Crippen LogP contribution in [0.4, 0.5) is 0 Å². The first-order chi connectivity index (χ1) is 9.22. The maximum Gasteiger partial charge on any atom is 0.315 e. The SMILES string of the molecule is CCOC(=O)Cc1nc(C2CN(CC)CCO2)no1. The van der Waals surface area contributed by atoms with Gasteiger partial charge in [-0.2, -0.15) is 4.98 Å². The van der Waals surface area contributed by atoms with Crippen LogP contribution >= 0.6 is 0 Å². The first-order valence-corrected chi connectivity index (χ1v) is 6.55. The molecule has 1 saturated heterocycles. The second kappa shape index (κ2) is 6.63. The Labute approximate surface area is 111 Å². The lowest BCUT2D eigenvalue weighted by atomic mass is 10.2. The molecule has 0 aliphatic carbocycles. The van der Waals surface area contributed by atoms with Crippen molar-refractivity contribution in [2.45, 2.75) is 26.4 Å². The third kappa shape index (κ3) is 3.74. The third-order valence-electron chi connectivity index (χ3n) is 2.97. The largest absolute Gasteiger partial charge is 0.466 e. The topological polar surface area (TPSA) is 77.7 Å². The lowest BCUT2D eigenvalue weighted by Crippen LogP contribution is -2.38. The minimum atomic E-state index is -0.363. The molecule has 0 amide bonds. The number of hydrogen-bond acceptors (Lipinski definition) is 7. The van der Waals surface area contributed by atoms with Crippen molar-refractivity contribution in [3.8, 4) is 0 Å². The van der Waals surface area contributed by atoms with E-state index in [2.05, 4.69) is 22.0 Å². The van der Waals surface area contributed by atoms with Crippen molar-refractivity contribution in [2.24, 2.45) is 0 Å². The molecule has 0 radical (unpaired) electrons. The zero-order chi connectivity index (χ0) is 13.7. The van der Waals surface area contributed by atoms with Gasteiger partial charge in [0.2, 0.25) is 11.7 Å². The molecule has 0 saturated carbocycles. The average Bonchev–Trinajstić information content (AvgIpc) is 2.87. The Morgan fingerprint density at radius 1 is 1.53 bits per heavy atom. The van der Waals surface area contributed by atoms with Crippen LogP contribution in [0.15, 0.2) is 4.52 Å². The number of ether oxygens (including phenoxy) is 2. The van der Waals surface area contributed by atoms with Gasteiger partial charge in [0.05, 0.1) is 13.2 Å². The fourth-order valence-corrected chi connectivity index (χ4v) is 1.95. The minimum absolute atomic E-state index is 0.00501. The quantitative estimate of drug-likeness (QED) is 0.723. The van der Waals surface area contributed by atoms with Gasteiger partial charge >= 0.3 is 5.97 Å².